The molecule has 2 aromatic rings. The molecular weight excluding hydrogens is 306 g/mol. The first-order valence-electron chi connectivity index (χ1n) is 6.69. The van der Waals surface area contributed by atoms with E-state index >= 15 is 0 Å². The summed E-state index contributed by atoms with van der Waals surface area (Å²) in [5, 5.41) is 4.59. The Balaban J connectivity index is 1.60. The maximum atomic E-state index is 12.3. The van der Waals surface area contributed by atoms with E-state index in [9.17, 15) is 9.59 Å². The molecule has 5 nitrogen and oxygen atoms in total. The Hall–Kier alpha value is -1.73. The van der Waals surface area contributed by atoms with E-state index in [2.05, 4.69) is 4.98 Å². The monoisotopic (exact) mass is 321 g/mol. The average Bonchev–Trinajstić information content (AvgIpc) is 3.17. The number of piperazine rings is 1. The lowest BCUT2D eigenvalue weighted by Crippen LogP contribution is -2.50. The van der Waals surface area contributed by atoms with E-state index < -0.39 is 0 Å². The van der Waals surface area contributed by atoms with Crippen molar-refractivity contribution in [2.75, 3.05) is 26.2 Å². The highest BCUT2D eigenvalue weighted by molar-refractivity contribution is 7.12. The van der Waals surface area contributed by atoms with Crippen LogP contribution in [-0.2, 0) is 0 Å². The summed E-state index contributed by atoms with van der Waals surface area (Å²) in [6, 6.07) is 3.71. The zero-order chi connectivity index (χ0) is 14.8. The predicted molar refractivity (Wildman–Crippen MR) is 83.0 cm³/mol. The number of hydrogen-bond acceptors (Lipinski definition) is 5. The van der Waals surface area contributed by atoms with Crippen LogP contribution in [0.1, 0.15) is 25.2 Å². The molecule has 2 aromatic heterocycles. The molecule has 0 radical (unpaired) electrons. The summed E-state index contributed by atoms with van der Waals surface area (Å²) < 4.78 is 0. The molecule has 21 heavy (non-hydrogen) atoms. The van der Waals surface area contributed by atoms with Gasteiger partial charge in [0.1, 0.15) is 5.69 Å². The van der Waals surface area contributed by atoms with Gasteiger partial charge in [-0.15, -0.1) is 22.7 Å². The second kappa shape index (κ2) is 5.95. The first kappa shape index (κ1) is 14.2. The van der Waals surface area contributed by atoms with Crippen LogP contribution < -0.4 is 0 Å². The third-order valence-corrected chi connectivity index (χ3v) is 5.06. The van der Waals surface area contributed by atoms with Crippen molar-refractivity contribution in [3.8, 4) is 0 Å². The maximum Gasteiger partial charge on any atom is 0.273 e. The molecule has 0 aliphatic carbocycles. The lowest BCUT2D eigenvalue weighted by atomic mass is 10.2. The molecule has 1 fully saturated rings. The fourth-order valence-corrected chi connectivity index (χ4v) is 3.57. The zero-order valence-electron chi connectivity index (χ0n) is 11.6. The van der Waals surface area contributed by atoms with E-state index in [0.29, 0.717) is 31.9 Å². The van der Waals surface area contributed by atoms with Crippen LogP contribution in [-0.4, -0.2) is 52.8 Å². The molecule has 7 heteroatoms. The van der Waals surface area contributed by atoms with E-state index in [1.807, 2.05) is 29.3 Å². The third kappa shape index (κ3) is 2.98. The van der Waals surface area contributed by atoms with Gasteiger partial charge in [0.05, 0.1) is 9.88 Å². The summed E-state index contributed by atoms with van der Waals surface area (Å²) in [5.74, 6) is 0.0178. The Kier molecular flexibility index (Phi) is 4.03. The number of nitrogens with zero attached hydrogens (tertiary/aromatic N) is 3. The van der Waals surface area contributed by atoms with Crippen molar-refractivity contribution in [1.82, 2.24) is 14.8 Å². The van der Waals surface area contributed by atoms with Gasteiger partial charge in [0.25, 0.3) is 11.8 Å². The Morgan fingerprint density at radius 2 is 1.76 bits per heavy atom. The van der Waals surface area contributed by atoms with Gasteiger partial charge in [0, 0.05) is 31.6 Å². The molecule has 1 saturated heterocycles. The summed E-state index contributed by atoms with van der Waals surface area (Å²) in [6.07, 6.45) is 0. The van der Waals surface area contributed by atoms with E-state index in [0.717, 1.165) is 9.88 Å². The molecule has 3 heterocycles. The molecule has 0 N–H and O–H groups in total. The molecule has 1 aliphatic heterocycles. The van der Waals surface area contributed by atoms with Gasteiger partial charge in [-0.1, -0.05) is 6.07 Å². The van der Waals surface area contributed by atoms with Crippen molar-refractivity contribution in [3.63, 3.8) is 0 Å². The number of amides is 2. The van der Waals surface area contributed by atoms with Gasteiger partial charge in [-0.05, 0) is 18.4 Å². The van der Waals surface area contributed by atoms with Crippen molar-refractivity contribution in [2.24, 2.45) is 0 Å². The Bertz CT molecular complexity index is 643. The number of carbonyl (C=O) groups excluding carboxylic acids is 2. The summed E-state index contributed by atoms with van der Waals surface area (Å²) in [6.45, 7) is 4.16. The summed E-state index contributed by atoms with van der Waals surface area (Å²) in [7, 11) is 0. The number of rotatable bonds is 2. The van der Waals surface area contributed by atoms with Crippen molar-refractivity contribution in [3.05, 3.63) is 38.5 Å². The van der Waals surface area contributed by atoms with Crippen LogP contribution in [0.15, 0.2) is 22.9 Å². The Morgan fingerprint density at radius 3 is 2.29 bits per heavy atom. The fourth-order valence-electron chi connectivity index (χ4n) is 2.29. The van der Waals surface area contributed by atoms with Gasteiger partial charge in [-0.25, -0.2) is 4.98 Å². The number of aryl methyl sites for hydroxylation is 1. The zero-order valence-corrected chi connectivity index (χ0v) is 13.2. The molecule has 0 spiro atoms. The summed E-state index contributed by atoms with van der Waals surface area (Å²) in [5.41, 5.74) is 0.510. The minimum Gasteiger partial charge on any atom is -0.334 e. The van der Waals surface area contributed by atoms with E-state index in [1.54, 1.807) is 10.3 Å². The van der Waals surface area contributed by atoms with E-state index in [-0.39, 0.29) is 11.8 Å². The molecule has 0 unspecified atom stereocenters. The SMILES string of the molecule is Cc1nc(C(=O)N2CCN(C(=O)c3cccs3)CC2)cs1. The molecule has 0 saturated carbocycles. The quantitative estimate of drug-likeness (QED) is 0.851. The molecule has 2 amide bonds. The largest absolute Gasteiger partial charge is 0.334 e. The van der Waals surface area contributed by atoms with Crippen LogP contribution >= 0.6 is 22.7 Å². The molecule has 0 atom stereocenters. The van der Waals surface area contributed by atoms with Crippen LogP contribution in [0.3, 0.4) is 0 Å². The molecule has 0 bridgehead atoms. The van der Waals surface area contributed by atoms with Crippen LogP contribution in [0.2, 0.25) is 0 Å². The number of aromatic nitrogens is 1. The van der Waals surface area contributed by atoms with E-state index in [1.165, 1.54) is 22.7 Å². The number of carbonyl (C=O) groups is 2. The van der Waals surface area contributed by atoms with Crippen LogP contribution in [0.4, 0.5) is 0 Å². The fraction of sp³-hybridized carbons (Fsp3) is 0.357. The number of thiazole rings is 1. The first-order chi connectivity index (χ1) is 10.1. The second-order valence-electron chi connectivity index (χ2n) is 4.81. The minimum atomic E-state index is -0.0393. The normalized spacial score (nSPS) is 15.3. The Labute approximate surface area is 130 Å². The standard InChI is InChI=1S/C14H15N3O2S2/c1-10-15-11(9-21-10)13(18)16-4-6-17(7-5-16)14(19)12-3-2-8-20-12/h2-3,8-9H,4-7H2,1H3. The molecule has 0 aromatic carbocycles. The highest BCUT2D eigenvalue weighted by Gasteiger charge is 2.26. The van der Waals surface area contributed by atoms with Crippen molar-refractivity contribution in [1.29, 1.82) is 0 Å². The first-order valence-corrected chi connectivity index (χ1v) is 8.45. The number of thiophene rings is 1. The maximum absolute atomic E-state index is 12.3. The smallest absolute Gasteiger partial charge is 0.273 e. The van der Waals surface area contributed by atoms with Crippen LogP contribution in [0.25, 0.3) is 0 Å². The highest BCUT2D eigenvalue weighted by atomic mass is 32.1. The molecule has 3 rings (SSSR count). The van der Waals surface area contributed by atoms with Gasteiger partial charge in [0.15, 0.2) is 0 Å². The van der Waals surface area contributed by atoms with E-state index in [4.69, 9.17) is 0 Å². The Morgan fingerprint density at radius 1 is 1.10 bits per heavy atom. The third-order valence-electron chi connectivity index (χ3n) is 3.42. The second-order valence-corrected chi connectivity index (χ2v) is 6.82. The molecule has 1 aliphatic rings. The van der Waals surface area contributed by atoms with Gasteiger partial charge < -0.3 is 9.80 Å². The predicted octanol–water partition coefficient (Wildman–Crippen LogP) is 2.11. The van der Waals surface area contributed by atoms with Gasteiger partial charge in [0.2, 0.25) is 0 Å². The van der Waals surface area contributed by atoms with Crippen LogP contribution in [0, 0.1) is 6.92 Å². The van der Waals surface area contributed by atoms with Gasteiger partial charge in [-0.2, -0.15) is 0 Å². The topological polar surface area (TPSA) is 53.5 Å². The van der Waals surface area contributed by atoms with Gasteiger partial charge >= 0.3 is 0 Å². The lowest BCUT2D eigenvalue weighted by Gasteiger charge is -2.34. The van der Waals surface area contributed by atoms with Crippen molar-refractivity contribution in [2.45, 2.75) is 6.92 Å². The number of hydrogen-bond donors (Lipinski definition) is 0. The lowest BCUT2D eigenvalue weighted by molar-refractivity contribution is 0.0535. The summed E-state index contributed by atoms with van der Waals surface area (Å²) >= 11 is 2.93. The van der Waals surface area contributed by atoms with Crippen molar-refractivity contribution >= 4 is 34.5 Å². The summed E-state index contributed by atoms with van der Waals surface area (Å²) in [4.78, 5) is 33.1. The molecule has 110 valence electrons. The van der Waals surface area contributed by atoms with Crippen LogP contribution in [0.5, 0.6) is 0 Å². The highest BCUT2D eigenvalue weighted by Crippen LogP contribution is 2.16. The molecular formula is C14H15N3O2S2. The average molecular weight is 321 g/mol. The minimum absolute atomic E-state index is 0.0393. The van der Waals surface area contributed by atoms with Gasteiger partial charge in [-0.3, -0.25) is 9.59 Å². The van der Waals surface area contributed by atoms with Crippen molar-refractivity contribution < 1.29 is 9.59 Å².